The summed E-state index contributed by atoms with van der Waals surface area (Å²) in [6.07, 6.45) is 1.68. The summed E-state index contributed by atoms with van der Waals surface area (Å²) in [7, 11) is 3.60. The maximum Gasteiger partial charge on any atom is 0.146 e. The van der Waals surface area contributed by atoms with Gasteiger partial charge in [0.05, 0.1) is 16.8 Å². The molecule has 2 aromatic rings. The van der Waals surface area contributed by atoms with Gasteiger partial charge in [0, 0.05) is 18.8 Å². The van der Waals surface area contributed by atoms with Crippen LogP contribution in [0, 0.1) is 5.82 Å². The molecule has 2 rings (SSSR count). The quantitative estimate of drug-likeness (QED) is 0.911. The summed E-state index contributed by atoms with van der Waals surface area (Å²) in [6, 6.07) is 6.58. The lowest BCUT2D eigenvalue weighted by molar-refractivity contribution is 0.552. The lowest BCUT2D eigenvalue weighted by Crippen LogP contribution is -2.21. The van der Waals surface area contributed by atoms with Crippen LogP contribution >= 0.6 is 11.6 Å². The molecule has 0 saturated carbocycles. The van der Waals surface area contributed by atoms with Gasteiger partial charge in [-0.15, -0.1) is 0 Å². The second kappa shape index (κ2) is 4.85. The monoisotopic (exact) mass is 253 g/mol. The number of halogens is 2. The fourth-order valence-corrected chi connectivity index (χ4v) is 2.06. The van der Waals surface area contributed by atoms with Crippen molar-refractivity contribution in [2.75, 3.05) is 7.05 Å². The van der Waals surface area contributed by atoms with E-state index in [0.717, 1.165) is 5.69 Å². The molecule has 1 aromatic heterocycles. The summed E-state index contributed by atoms with van der Waals surface area (Å²) in [6.45, 7) is 0. The summed E-state index contributed by atoms with van der Waals surface area (Å²) in [5.41, 5.74) is 1.40. The van der Waals surface area contributed by atoms with Crippen molar-refractivity contribution in [2.24, 2.45) is 7.05 Å². The van der Waals surface area contributed by atoms with Crippen LogP contribution in [-0.4, -0.2) is 16.8 Å². The molecule has 1 unspecified atom stereocenters. The summed E-state index contributed by atoms with van der Waals surface area (Å²) >= 11 is 5.79. The van der Waals surface area contributed by atoms with Crippen LogP contribution in [0.5, 0.6) is 0 Å². The molecule has 3 nitrogen and oxygen atoms in total. The van der Waals surface area contributed by atoms with Gasteiger partial charge in [-0.25, -0.2) is 4.39 Å². The first-order valence-electron chi connectivity index (χ1n) is 5.24. The van der Waals surface area contributed by atoms with E-state index in [1.165, 1.54) is 6.07 Å². The minimum Gasteiger partial charge on any atom is -0.308 e. The number of rotatable bonds is 3. The number of nitrogens with zero attached hydrogens (tertiary/aromatic N) is 2. The first-order chi connectivity index (χ1) is 8.15. The van der Waals surface area contributed by atoms with Crippen molar-refractivity contribution in [1.82, 2.24) is 15.1 Å². The molecule has 1 aromatic carbocycles. The normalized spacial score (nSPS) is 12.7. The highest BCUT2D eigenvalue weighted by Crippen LogP contribution is 2.27. The minimum atomic E-state index is -0.394. The Labute approximate surface area is 104 Å². The lowest BCUT2D eigenvalue weighted by Gasteiger charge is -2.18. The average Bonchev–Trinajstić information content (AvgIpc) is 2.72. The Morgan fingerprint density at radius 2 is 2.18 bits per heavy atom. The molecule has 0 aliphatic heterocycles. The van der Waals surface area contributed by atoms with Gasteiger partial charge in [-0.2, -0.15) is 5.10 Å². The van der Waals surface area contributed by atoms with Crippen molar-refractivity contribution in [1.29, 1.82) is 0 Å². The van der Waals surface area contributed by atoms with Crippen LogP contribution in [0.25, 0.3) is 0 Å². The molecule has 17 heavy (non-hydrogen) atoms. The summed E-state index contributed by atoms with van der Waals surface area (Å²) in [5, 5.41) is 7.28. The highest BCUT2D eigenvalue weighted by atomic mass is 35.5. The van der Waals surface area contributed by atoms with Gasteiger partial charge in [0.1, 0.15) is 5.82 Å². The summed E-state index contributed by atoms with van der Waals surface area (Å²) < 4.78 is 15.7. The molecular formula is C12H13ClFN3. The van der Waals surface area contributed by atoms with Crippen LogP contribution in [-0.2, 0) is 7.05 Å². The molecular weight excluding hydrogens is 241 g/mol. The van der Waals surface area contributed by atoms with E-state index >= 15 is 0 Å². The second-order valence-corrected chi connectivity index (χ2v) is 4.15. The fourth-order valence-electron chi connectivity index (χ4n) is 1.87. The molecule has 0 radical (unpaired) electrons. The van der Waals surface area contributed by atoms with Crippen molar-refractivity contribution in [3.63, 3.8) is 0 Å². The SMILES string of the molecule is CNC(c1cccc(Cl)c1F)c1ccnn1C. The van der Waals surface area contributed by atoms with Crippen LogP contribution in [0.4, 0.5) is 4.39 Å². The van der Waals surface area contributed by atoms with Gasteiger partial charge in [-0.1, -0.05) is 23.7 Å². The Hall–Kier alpha value is -1.39. The van der Waals surface area contributed by atoms with Gasteiger partial charge in [-0.3, -0.25) is 4.68 Å². The first kappa shape index (κ1) is 12.1. The maximum absolute atomic E-state index is 14.0. The topological polar surface area (TPSA) is 29.9 Å². The van der Waals surface area contributed by atoms with Crippen LogP contribution in [0.15, 0.2) is 30.5 Å². The molecule has 0 spiro atoms. The van der Waals surface area contributed by atoms with E-state index in [2.05, 4.69) is 10.4 Å². The molecule has 0 aliphatic carbocycles. The Morgan fingerprint density at radius 1 is 1.41 bits per heavy atom. The van der Waals surface area contributed by atoms with Crippen molar-refractivity contribution in [3.8, 4) is 0 Å². The van der Waals surface area contributed by atoms with E-state index in [0.29, 0.717) is 5.56 Å². The van der Waals surface area contributed by atoms with Gasteiger partial charge in [-0.05, 0) is 19.2 Å². The van der Waals surface area contributed by atoms with E-state index < -0.39 is 5.82 Å². The number of hydrogen-bond donors (Lipinski definition) is 1. The molecule has 0 saturated heterocycles. The molecule has 1 N–H and O–H groups in total. The molecule has 1 atom stereocenters. The molecule has 1 heterocycles. The molecule has 0 amide bonds. The zero-order chi connectivity index (χ0) is 12.4. The third-order valence-electron chi connectivity index (χ3n) is 2.74. The van der Waals surface area contributed by atoms with Crippen LogP contribution in [0.3, 0.4) is 0 Å². The lowest BCUT2D eigenvalue weighted by atomic mass is 10.0. The summed E-state index contributed by atoms with van der Waals surface area (Å²) in [4.78, 5) is 0. The van der Waals surface area contributed by atoms with Crippen LogP contribution < -0.4 is 5.32 Å². The zero-order valence-corrected chi connectivity index (χ0v) is 10.4. The Kier molecular flexibility index (Phi) is 3.45. The van der Waals surface area contributed by atoms with Crippen molar-refractivity contribution in [2.45, 2.75) is 6.04 Å². The Morgan fingerprint density at radius 3 is 2.76 bits per heavy atom. The average molecular weight is 254 g/mol. The third-order valence-corrected chi connectivity index (χ3v) is 3.03. The Balaban J connectivity index is 2.50. The van der Waals surface area contributed by atoms with Crippen molar-refractivity contribution >= 4 is 11.6 Å². The number of hydrogen-bond acceptors (Lipinski definition) is 2. The van der Waals surface area contributed by atoms with Gasteiger partial charge < -0.3 is 5.32 Å². The third kappa shape index (κ3) is 2.18. The van der Waals surface area contributed by atoms with E-state index in [1.54, 1.807) is 30.1 Å². The predicted molar refractivity (Wildman–Crippen MR) is 65.5 cm³/mol. The van der Waals surface area contributed by atoms with Crippen LogP contribution in [0.1, 0.15) is 17.3 Å². The number of nitrogens with one attached hydrogen (secondary N) is 1. The van der Waals surface area contributed by atoms with Gasteiger partial charge in [0.2, 0.25) is 0 Å². The standard InChI is InChI=1S/C12H13ClFN3/c1-15-12(10-6-7-16-17(10)2)8-4-3-5-9(13)11(8)14/h3-7,12,15H,1-2H3. The fraction of sp³-hybridized carbons (Fsp3) is 0.250. The molecule has 0 bridgehead atoms. The van der Waals surface area contributed by atoms with E-state index in [4.69, 9.17) is 11.6 Å². The number of aromatic nitrogens is 2. The minimum absolute atomic E-state index is 0.130. The first-order valence-corrected chi connectivity index (χ1v) is 5.62. The van der Waals surface area contributed by atoms with Crippen LogP contribution in [0.2, 0.25) is 5.02 Å². The van der Waals surface area contributed by atoms with Gasteiger partial charge >= 0.3 is 0 Å². The Bertz CT molecular complexity index is 524. The highest BCUT2D eigenvalue weighted by molar-refractivity contribution is 6.30. The zero-order valence-electron chi connectivity index (χ0n) is 9.61. The van der Waals surface area contributed by atoms with E-state index in [-0.39, 0.29) is 11.1 Å². The highest BCUT2D eigenvalue weighted by Gasteiger charge is 2.20. The molecule has 0 fully saturated rings. The maximum atomic E-state index is 14.0. The van der Waals surface area contributed by atoms with Crippen molar-refractivity contribution in [3.05, 3.63) is 52.6 Å². The second-order valence-electron chi connectivity index (χ2n) is 3.74. The van der Waals surface area contributed by atoms with Crippen molar-refractivity contribution < 1.29 is 4.39 Å². The smallest absolute Gasteiger partial charge is 0.146 e. The predicted octanol–water partition coefficient (Wildman–Crippen LogP) is 2.52. The van der Waals surface area contributed by atoms with Gasteiger partial charge in [0.15, 0.2) is 0 Å². The number of aryl methyl sites for hydroxylation is 1. The molecule has 5 heteroatoms. The molecule has 0 aliphatic rings. The summed E-state index contributed by atoms with van der Waals surface area (Å²) in [5.74, 6) is -0.394. The number of benzene rings is 1. The van der Waals surface area contributed by atoms with E-state index in [9.17, 15) is 4.39 Å². The van der Waals surface area contributed by atoms with Gasteiger partial charge in [0.25, 0.3) is 0 Å². The largest absolute Gasteiger partial charge is 0.308 e. The molecule has 90 valence electrons. The van der Waals surface area contributed by atoms with E-state index in [1.807, 2.05) is 13.1 Å².